The minimum absolute atomic E-state index is 0.133. The third-order valence-electron chi connectivity index (χ3n) is 4.97. The fourth-order valence-corrected chi connectivity index (χ4v) is 3.93. The molecule has 1 N–H and O–H groups in total. The number of non-ortho nitro benzene ring substituents is 1. The number of nitro benzene ring substituents is 2. The summed E-state index contributed by atoms with van der Waals surface area (Å²) in [6.45, 7) is 2.01. The van der Waals surface area contributed by atoms with Gasteiger partial charge in [-0.2, -0.15) is 5.26 Å². The molecule has 180 valence electrons. The number of hydrogen-bond acceptors (Lipinski definition) is 8. The fourth-order valence-electron chi connectivity index (χ4n) is 3.39. The highest BCUT2D eigenvalue weighted by molar-refractivity contribution is 9.10. The molecule has 3 aromatic carbocycles. The lowest BCUT2D eigenvalue weighted by Crippen LogP contribution is -1.99. The number of benzene rings is 3. The molecule has 0 aliphatic carbocycles. The Kier molecular flexibility index (Phi) is 6.93. The summed E-state index contributed by atoms with van der Waals surface area (Å²) >= 11 is 3.40. The number of imidazole rings is 1. The second-order valence-electron chi connectivity index (χ2n) is 7.30. The maximum absolute atomic E-state index is 11.5. The van der Waals surface area contributed by atoms with Crippen molar-refractivity contribution in [1.29, 1.82) is 5.26 Å². The number of allylic oxidation sites excluding steroid dienone is 1. The van der Waals surface area contributed by atoms with Crippen LogP contribution in [0.3, 0.4) is 0 Å². The normalized spacial score (nSPS) is 11.2. The van der Waals surface area contributed by atoms with E-state index in [4.69, 9.17) is 9.47 Å². The van der Waals surface area contributed by atoms with E-state index < -0.39 is 21.2 Å². The number of nitrogens with zero attached hydrogens (tertiary/aromatic N) is 4. The van der Waals surface area contributed by atoms with Crippen LogP contribution in [-0.2, 0) is 0 Å². The number of aromatic nitrogens is 2. The summed E-state index contributed by atoms with van der Waals surface area (Å²) in [4.78, 5) is 28.6. The largest absolute Gasteiger partial charge is 0.490 e. The van der Waals surface area contributed by atoms with Gasteiger partial charge in [-0.15, -0.1) is 0 Å². The monoisotopic (exact) mass is 549 g/mol. The van der Waals surface area contributed by atoms with E-state index in [0.29, 0.717) is 15.9 Å². The van der Waals surface area contributed by atoms with Crippen molar-refractivity contribution < 1.29 is 19.3 Å². The second-order valence-corrected chi connectivity index (χ2v) is 8.16. The molecule has 1 heterocycles. The topological polar surface area (TPSA) is 157 Å². The van der Waals surface area contributed by atoms with E-state index >= 15 is 0 Å². The zero-order valence-electron chi connectivity index (χ0n) is 18.6. The number of hydrogen-bond donors (Lipinski definition) is 1. The third kappa shape index (κ3) is 5.01. The summed E-state index contributed by atoms with van der Waals surface area (Å²) < 4.78 is 11.9. The van der Waals surface area contributed by atoms with Gasteiger partial charge >= 0.3 is 5.69 Å². The molecule has 11 nitrogen and oxygen atoms in total. The number of para-hydroxylation sites is 2. The molecule has 36 heavy (non-hydrogen) atoms. The Morgan fingerprint density at radius 1 is 1.14 bits per heavy atom. The minimum Gasteiger partial charge on any atom is -0.490 e. The van der Waals surface area contributed by atoms with Crippen LogP contribution in [-0.4, -0.2) is 26.4 Å². The average Bonchev–Trinajstić information content (AvgIpc) is 3.28. The molecule has 0 radical (unpaired) electrons. The van der Waals surface area contributed by atoms with E-state index in [0.717, 1.165) is 29.2 Å². The first-order chi connectivity index (χ1) is 17.3. The first kappa shape index (κ1) is 24.4. The lowest BCUT2D eigenvalue weighted by Gasteiger charge is -2.14. The zero-order valence-corrected chi connectivity index (χ0v) is 20.2. The van der Waals surface area contributed by atoms with Crippen LogP contribution in [0.15, 0.2) is 59.1 Å². The lowest BCUT2D eigenvalue weighted by molar-refractivity contribution is -0.394. The maximum atomic E-state index is 11.5. The Labute approximate surface area is 212 Å². The Morgan fingerprint density at radius 3 is 2.58 bits per heavy atom. The molecular weight excluding hydrogens is 534 g/mol. The molecule has 4 aromatic rings. The summed E-state index contributed by atoms with van der Waals surface area (Å²) in [5, 5.41) is 32.3. The number of fused-ring (bicyclic) bond motifs is 1. The van der Waals surface area contributed by atoms with Crippen LogP contribution < -0.4 is 9.47 Å². The summed E-state index contributed by atoms with van der Waals surface area (Å²) in [7, 11) is 0. The minimum atomic E-state index is -0.764. The van der Waals surface area contributed by atoms with Crippen molar-refractivity contribution >= 4 is 50.0 Å². The maximum Gasteiger partial charge on any atom is 0.318 e. The van der Waals surface area contributed by atoms with Crippen LogP contribution in [0, 0.1) is 31.6 Å². The smallest absolute Gasteiger partial charge is 0.318 e. The van der Waals surface area contributed by atoms with E-state index in [9.17, 15) is 25.5 Å². The molecule has 0 aliphatic rings. The van der Waals surface area contributed by atoms with Gasteiger partial charge in [-0.05, 0) is 64.8 Å². The molecule has 0 atom stereocenters. The fraction of sp³-hybridized carbons (Fsp3) is 0.0833. The van der Waals surface area contributed by atoms with Crippen molar-refractivity contribution in [2.45, 2.75) is 6.92 Å². The van der Waals surface area contributed by atoms with Gasteiger partial charge in [0.15, 0.2) is 11.5 Å². The average molecular weight is 550 g/mol. The SMILES string of the molecule is CCOc1cc(/C=C(\C#N)c2nc3ccccc3[nH]2)cc(Br)c1Oc1ccc([N+](=O)[O-])cc1[N+](=O)[O-]. The van der Waals surface area contributed by atoms with E-state index in [2.05, 4.69) is 32.0 Å². The van der Waals surface area contributed by atoms with Gasteiger partial charge < -0.3 is 14.5 Å². The number of halogens is 1. The van der Waals surface area contributed by atoms with Crippen LogP contribution in [0.2, 0.25) is 0 Å². The molecule has 1 aromatic heterocycles. The number of nitriles is 1. The highest BCUT2D eigenvalue weighted by Crippen LogP contribution is 2.43. The van der Waals surface area contributed by atoms with Gasteiger partial charge in [0.25, 0.3) is 5.69 Å². The molecule has 0 aliphatic heterocycles. The second kappa shape index (κ2) is 10.2. The Balaban J connectivity index is 1.75. The van der Waals surface area contributed by atoms with Crippen molar-refractivity contribution in [2.24, 2.45) is 0 Å². The van der Waals surface area contributed by atoms with Crippen LogP contribution >= 0.6 is 15.9 Å². The summed E-state index contributed by atoms with van der Waals surface area (Å²) in [5.74, 6) is 0.575. The molecular formula is C24H16BrN5O6. The first-order valence-corrected chi connectivity index (χ1v) is 11.2. The highest BCUT2D eigenvalue weighted by atomic mass is 79.9. The number of ether oxygens (including phenoxy) is 2. The molecule has 0 saturated heterocycles. The van der Waals surface area contributed by atoms with Crippen LogP contribution in [0.5, 0.6) is 17.2 Å². The van der Waals surface area contributed by atoms with Crippen LogP contribution in [0.1, 0.15) is 18.3 Å². The summed E-state index contributed by atoms with van der Waals surface area (Å²) in [6, 6.07) is 15.9. The van der Waals surface area contributed by atoms with Gasteiger partial charge in [0.1, 0.15) is 11.9 Å². The van der Waals surface area contributed by atoms with E-state index in [1.54, 1.807) is 25.1 Å². The number of rotatable bonds is 8. The van der Waals surface area contributed by atoms with Crippen LogP contribution in [0.25, 0.3) is 22.7 Å². The molecule has 12 heteroatoms. The van der Waals surface area contributed by atoms with Crippen molar-refractivity contribution in [3.05, 3.63) is 90.7 Å². The molecule has 0 bridgehead atoms. The molecule has 4 rings (SSSR count). The van der Waals surface area contributed by atoms with Gasteiger partial charge in [-0.1, -0.05) is 12.1 Å². The van der Waals surface area contributed by atoms with Crippen LogP contribution in [0.4, 0.5) is 11.4 Å². The molecule has 0 spiro atoms. The lowest BCUT2D eigenvalue weighted by atomic mass is 10.1. The molecule has 0 fully saturated rings. The molecule has 0 amide bonds. The van der Waals surface area contributed by atoms with E-state index in [1.165, 1.54) is 0 Å². The van der Waals surface area contributed by atoms with Gasteiger partial charge in [-0.25, -0.2) is 4.98 Å². The van der Waals surface area contributed by atoms with Gasteiger partial charge in [0.05, 0.1) is 43.6 Å². The highest BCUT2D eigenvalue weighted by Gasteiger charge is 2.23. The standard InChI is InChI=1S/C24H16BrN5O6/c1-2-35-22-11-14(9-15(13-26)24-27-18-5-3-4-6-19(18)28-24)10-17(25)23(22)36-21-8-7-16(29(31)32)12-20(21)30(33)34/h3-12H,2H2,1H3,(H,27,28)/b15-9+. The van der Waals surface area contributed by atoms with Crippen molar-refractivity contribution in [2.75, 3.05) is 6.61 Å². The third-order valence-corrected chi connectivity index (χ3v) is 5.56. The number of nitrogens with one attached hydrogen (secondary N) is 1. The van der Waals surface area contributed by atoms with E-state index in [1.807, 2.05) is 24.3 Å². The zero-order chi connectivity index (χ0) is 25.8. The predicted octanol–water partition coefficient (Wildman–Crippen LogP) is 6.40. The number of nitro groups is 2. The number of aromatic amines is 1. The Hall–Kier alpha value is -4.76. The molecule has 0 unspecified atom stereocenters. The first-order valence-electron chi connectivity index (χ1n) is 10.4. The Bertz CT molecular complexity index is 1540. The van der Waals surface area contributed by atoms with Crippen molar-refractivity contribution in [3.8, 4) is 23.3 Å². The van der Waals surface area contributed by atoms with E-state index in [-0.39, 0.29) is 29.4 Å². The summed E-state index contributed by atoms with van der Waals surface area (Å²) in [6.07, 6.45) is 1.61. The summed E-state index contributed by atoms with van der Waals surface area (Å²) in [5.41, 5.74) is 1.36. The van der Waals surface area contributed by atoms with Crippen molar-refractivity contribution in [1.82, 2.24) is 9.97 Å². The quantitative estimate of drug-likeness (QED) is 0.150. The molecule has 0 saturated carbocycles. The van der Waals surface area contributed by atoms with Gasteiger partial charge in [0, 0.05) is 6.07 Å². The van der Waals surface area contributed by atoms with Crippen molar-refractivity contribution in [3.63, 3.8) is 0 Å². The predicted molar refractivity (Wildman–Crippen MR) is 135 cm³/mol. The van der Waals surface area contributed by atoms with Gasteiger partial charge in [0.2, 0.25) is 5.75 Å². The number of H-pyrrole nitrogens is 1. The van der Waals surface area contributed by atoms with Gasteiger partial charge in [-0.3, -0.25) is 20.2 Å². The Morgan fingerprint density at radius 2 is 1.92 bits per heavy atom.